The Bertz CT molecular complexity index is 1270. The minimum absolute atomic E-state index is 0. The summed E-state index contributed by atoms with van der Waals surface area (Å²) < 4.78 is 3.05. The van der Waals surface area contributed by atoms with E-state index in [0.717, 1.165) is 30.8 Å². The summed E-state index contributed by atoms with van der Waals surface area (Å²) in [5, 5.41) is 24.2. The third kappa shape index (κ3) is 4.50. The summed E-state index contributed by atoms with van der Waals surface area (Å²) in [4.78, 5) is 24.5. The first-order valence-corrected chi connectivity index (χ1v) is 11.3. The van der Waals surface area contributed by atoms with Gasteiger partial charge >= 0.3 is 0 Å². The van der Waals surface area contributed by atoms with Gasteiger partial charge in [-0.1, -0.05) is 29.2 Å². The van der Waals surface area contributed by atoms with E-state index in [1.165, 1.54) is 12.1 Å². The van der Waals surface area contributed by atoms with Crippen molar-refractivity contribution < 1.29 is 38.4 Å². The Hall–Kier alpha value is -2.51. The number of benzene rings is 2. The topological polar surface area (TPSA) is 93.4 Å². The minimum Gasteiger partial charge on any atom is -1.00 e. The van der Waals surface area contributed by atoms with Crippen molar-refractivity contribution in [2.24, 2.45) is 0 Å². The molecule has 4 rings (SSSR count). The number of halogens is 1. The lowest BCUT2D eigenvalue weighted by Crippen LogP contribution is -3.00. The van der Waals surface area contributed by atoms with Crippen molar-refractivity contribution in [2.45, 2.75) is 25.3 Å². The smallest absolute Gasteiger partial charge is 0.276 e. The van der Waals surface area contributed by atoms with Gasteiger partial charge in [0.05, 0.1) is 26.6 Å². The van der Waals surface area contributed by atoms with Gasteiger partial charge in [-0.2, -0.15) is 4.57 Å². The van der Waals surface area contributed by atoms with Crippen molar-refractivity contribution in [2.75, 3.05) is 11.4 Å². The molecule has 1 aliphatic heterocycles. The molecule has 0 bridgehead atoms. The van der Waals surface area contributed by atoms with Crippen molar-refractivity contribution in [1.29, 1.82) is 0 Å². The molecule has 2 aromatic carbocycles. The van der Waals surface area contributed by atoms with E-state index >= 15 is 0 Å². The summed E-state index contributed by atoms with van der Waals surface area (Å²) in [6.45, 7) is 5.41. The number of nitro benzene ring substituents is 2. The lowest BCUT2D eigenvalue weighted by Gasteiger charge is -2.17. The highest BCUT2D eigenvalue weighted by molar-refractivity contribution is 8.03. The molecule has 1 aliphatic rings. The van der Waals surface area contributed by atoms with Gasteiger partial charge in [-0.15, -0.1) is 0 Å². The van der Waals surface area contributed by atoms with Crippen LogP contribution in [0.2, 0.25) is 0 Å². The fraction of sp³-hybridized carbons (Fsp3) is 0.190. The Morgan fingerprint density at radius 2 is 1.75 bits per heavy atom. The molecule has 0 spiro atoms. The second-order valence-electron chi connectivity index (χ2n) is 6.71. The number of allylic oxidation sites excluding steroid dienone is 2. The number of fused-ring (bicyclic) bond motifs is 2. The van der Waals surface area contributed by atoms with Gasteiger partial charge in [-0.25, -0.2) is 0 Å². The predicted octanol–water partition coefficient (Wildman–Crippen LogP) is 2.52. The molecule has 166 valence electrons. The van der Waals surface area contributed by atoms with Gasteiger partial charge in [0, 0.05) is 35.7 Å². The molecule has 8 nitrogen and oxygen atoms in total. The molecule has 0 radical (unpaired) electrons. The van der Waals surface area contributed by atoms with Gasteiger partial charge in [0.15, 0.2) is 0 Å². The maximum absolute atomic E-state index is 11.1. The molecule has 0 saturated carbocycles. The van der Waals surface area contributed by atoms with Crippen molar-refractivity contribution >= 4 is 56.5 Å². The molecule has 0 N–H and O–H groups in total. The number of thiazole rings is 1. The monoisotopic (exact) mass is 582 g/mol. The van der Waals surface area contributed by atoms with Gasteiger partial charge in [0.25, 0.3) is 16.4 Å². The maximum Gasteiger partial charge on any atom is 0.276 e. The normalized spacial score (nSPS) is 14.2. The Kier molecular flexibility index (Phi) is 7.51. The number of rotatable bonds is 6. The van der Waals surface area contributed by atoms with Crippen LogP contribution in [0.5, 0.6) is 0 Å². The Morgan fingerprint density at radius 3 is 2.41 bits per heavy atom. The van der Waals surface area contributed by atoms with Crippen LogP contribution in [0.3, 0.4) is 0 Å². The summed E-state index contributed by atoms with van der Waals surface area (Å²) in [5.41, 5.74) is 1.86. The minimum atomic E-state index is -0.379. The zero-order valence-corrected chi connectivity index (χ0v) is 21.0. The molecule has 0 atom stereocenters. The Balaban J connectivity index is 0.00000289. The molecular weight excluding hydrogens is 563 g/mol. The summed E-state index contributed by atoms with van der Waals surface area (Å²) >= 11 is 3.16. The second kappa shape index (κ2) is 9.96. The van der Waals surface area contributed by atoms with Gasteiger partial charge in [-0.3, -0.25) is 20.2 Å². The third-order valence-corrected chi connectivity index (χ3v) is 7.22. The van der Waals surface area contributed by atoms with E-state index in [-0.39, 0.29) is 45.2 Å². The van der Waals surface area contributed by atoms with Crippen molar-refractivity contribution in [1.82, 2.24) is 0 Å². The van der Waals surface area contributed by atoms with Crippen molar-refractivity contribution in [3.8, 4) is 0 Å². The van der Waals surface area contributed by atoms with E-state index in [4.69, 9.17) is 0 Å². The number of non-ortho nitro benzene ring substituents is 2. The van der Waals surface area contributed by atoms with E-state index in [1.807, 2.05) is 32.1 Å². The van der Waals surface area contributed by atoms with E-state index in [9.17, 15) is 20.2 Å². The molecule has 11 heteroatoms. The highest BCUT2D eigenvalue weighted by atomic mass is 127. The highest BCUT2D eigenvalue weighted by Gasteiger charge is 2.26. The largest absolute Gasteiger partial charge is 1.00 e. The quantitative estimate of drug-likeness (QED) is 0.192. The molecule has 0 aliphatic carbocycles. The van der Waals surface area contributed by atoms with Crippen LogP contribution in [0, 0.1) is 20.2 Å². The predicted molar refractivity (Wildman–Crippen MR) is 123 cm³/mol. The second-order valence-corrected chi connectivity index (χ2v) is 8.84. The first-order valence-electron chi connectivity index (χ1n) is 9.66. The van der Waals surface area contributed by atoms with Crippen LogP contribution >= 0.6 is 23.1 Å². The van der Waals surface area contributed by atoms with E-state index in [1.54, 1.807) is 47.4 Å². The summed E-state index contributed by atoms with van der Waals surface area (Å²) in [6, 6.07) is 9.85. The molecule has 3 aromatic rings. The van der Waals surface area contributed by atoms with Crippen LogP contribution in [-0.4, -0.2) is 16.4 Å². The average molecular weight is 582 g/mol. The number of aryl methyl sites for hydroxylation is 1. The SMILES string of the molecule is CCN1/C(=C/C=C/c2sc3ccc([N+](=O)[O-])cc3[n+]2CC)Sc2ccc([N+](=O)[O-])cc21.[I-]. The van der Waals surface area contributed by atoms with Gasteiger partial charge in [0.1, 0.15) is 11.2 Å². The maximum atomic E-state index is 11.1. The molecule has 0 amide bonds. The summed E-state index contributed by atoms with van der Waals surface area (Å²) in [5.74, 6) is 0. The molecule has 0 saturated heterocycles. The van der Waals surface area contributed by atoms with E-state index in [0.29, 0.717) is 13.1 Å². The molecule has 2 heterocycles. The zero-order valence-electron chi connectivity index (χ0n) is 17.2. The van der Waals surface area contributed by atoms with E-state index in [2.05, 4.69) is 9.47 Å². The standard InChI is InChI=1S/C21H19N4O4S2.HI/c1-3-22-16-12-14(24(26)27)8-10-18(16)30-20(22)6-5-7-21-23(4-2)17-13-15(25(28)29)9-11-19(17)31-21;/h5-13H,3-4H2,1-2H3;1H/q+1;/p-1. The van der Waals surface area contributed by atoms with Gasteiger partial charge in [0.2, 0.25) is 5.52 Å². The van der Waals surface area contributed by atoms with E-state index < -0.39 is 0 Å². The molecule has 0 unspecified atom stereocenters. The van der Waals surface area contributed by atoms with Crippen LogP contribution in [0.15, 0.2) is 58.5 Å². The summed E-state index contributed by atoms with van der Waals surface area (Å²) in [6.07, 6.45) is 5.94. The van der Waals surface area contributed by atoms with Crippen LogP contribution in [-0.2, 0) is 6.54 Å². The first kappa shape index (κ1) is 24.1. The number of thioether (sulfide) groups is 1. The molecule has 32 heavy (non-hydrogen) atoms. The van der Waals surface area contributed by atoms with Crippen molar-refractivity contribution in [3.63, 3.8) is 0 Å². The average Bonchev–Trinajstić information content (AvgIpc) is 3.29. The lowest BCUT2D eigenvalue weighted by molar-refractivity contribution is -0.665. The molecular formula is C21H19IN4O4S2. The Labute approximate surface area is 209 Å². The van der Waals surface area contributed by atoms with Gasteiger partial charge < -0.3 is 28.9 Å². The molecule has 0 fully saturated rings. The number of hydrogen-bond donors (Lipinski definition) is 0. The van der Waals surface area contributed by atoms with Gasteiger partial charge in [-0.05, 0) is 32.1 Å². The lowest BCUT2D eigenvalue weighted by atomic mass is 10.2. The number of anilines is 1. The van der Waals surface area contributed by atoms with Crippen LogP contribution in [0.25, 0.3) is 16.3 Å². The Morgan fingerprint density at radius 1 is 1.06 bits per heavy atom. The highest BCUT2D eigenvalue weighted by Crippen LogP contribution is 2.47. The zero-order chi connectivity index (χ0) is 22.1. The number of hydrogen-bond acceptors (Lipinski definition) is 7. The first-order chi connectivity index (χ1) is 14.9. The van der Waals surface area contributed by atoms with Crippen LogP contribution < -0.4 is 33.4 Å². The molecule has 1 aromatic heterocycles. The summed E-state index contributed by atoms with van der Waals surface area (Å²) in [7, 11) is 0. The number of aromatic nitrogens is 1. The van der Waals surface area contributed by atoms with Crippen molar-refractivity contribution in [3.05, 3.63) is 78.8 Å². The third-order valence-electron chi connectivity index (χ3n) is 4.96. The fourth-order valence-corrected chi connectivity index (χ4v) is 5.76. The number of nitro groups is 2. The van der Waals surface area contributed by atoms with Crippen LogP contribution in [0.4, 0.5) is 17.1 Å². The van der Waals surface area contributed by atoms with Crippen LogP contribution in [0.1, 0.15) is 18.9 Å². The number of nitrogens with zero attached hydrogens (tertiary/aromatic N) is 4. The fourth-order valence-electron chi connectivity index (χ4n) is 3.52.